The summed E-state index contributed by atoms with van der Waals surface area (Å²) in [5.74, 6) is 1.35. The van der Waals surface area contributed by atoms with Crippen LogP contribution in [0.1, 0.15) is 49.3 Å². The molecular formula is C24H24N4O2. The highest BCUT2D eigenvalue weighted by Crippen LogP contribution is 2.45. The van der Waals surface area contributed by atoms with Gasteiger partial charge in [-0.1, -0.05) is 38.1 Å². The minimum Gasteiger partial charge on any atom is -0.494 e. The molecule has 0 saturated carbocycles. The number of nitriles is 1. The number of H-pyrrole nitrogens is 1. The zero-order valence-electron chi connectivity index (χ0n) is 17.3. The number of hydrogen-bond donors (Lipinski definition) is 2. The number of aromatic amines is 1. The van der Waals surface area contributed by atoms with Crippen molar-refractivity contribution in [2.24, 2.45) is 5.73 Å². The van der Waals surface area contributed by atoms with Gasteiger partial charge >= 0.3 is 0 Å². The van der Waals surface area contributed by atoms with E-state index in [9.17, 15) is 5.26 Å². The van der Waals surface area contributed by atoms with E-state index in [2.05, 4.69) is 54.4 Å². The lowest BCUT2D eigenvalue weighted by Crippen LogP contribution is -2.21. The Morgan fingerprint density at radius 2 is 1.87 bits per heavy atom. The van der Waals surface area contributed by atoms with Crippen LogP contribution in [-0.2, 0) is 0 Å². The molecule has 30 heavy (non-hydrogen) atoms. The van der Waals surface area contributed by atoms with Crippen LogP contribution in [0, 0.1) is 11.3 Å². The number of rotatable bonds is 5. The molecule has 0 aliphatic carbocycles. The van der Waals surface area contributed by atoms with E-state index in [4.69, 9.17) is 15.2 Å². The number of nitrogens with two attached hydrogens (primary N) is 1. The van der Waals surface area contributed by atoms with Crippen molar-refractivity contribution in [1.82, 2.24) is 10.2 Å². The van der Waals surface area contributed by atoms with Crippen LogP contribution in [0.4, 0.5) is 0 Å². The maximum Gasteiger partial charge on any atom is 0.244 e. The maximum absolute atomic E-state index is 9.84. The fourth-order valence-electron chi connectivity index (χ4n) is 3.76. The van der Waals surface area contributed by atoms with E-state index in [1.165, 1.54) is 5.56 Å². The molecule has 0 spiro atoms. The van der Waals surface area contributed by atoms with E-state index in [0.717, 1.165) is 28.1 Å². The Kier molecular flexibility index (Phi) is 5.20. The van der Waals surface area contributed by atoms with Gasteiger partial charge in [0.05, 0.1) is 23.8 Å². The molecule has 2 aromatic carbocycles. The first-order valence-corrected chi connectivity index (χ1v) is 10.0. The Morgan fingerprint density at radius 3 is 2.47 bits per heavy atom. The van der Waals surface area contributed by atoms with Crippen molar-refractivity contribution >= 4 is 0 Å². The minimum absolute atomic E-state index is 0.0904. The molecule has 2 heterocycles. The average Bonchev–Trinajstić information content (AvgIpc) is 3.17. The van der Waals surface area contributed by atoms with Crippen LogP contribution in [0.3, 0.4) is 0 Å². The molecule has 1 aliphatic heterocycles. The van der Waals surface area contributed by atoms with Gasteiger partial charge in [0, 0.05) is 5.56 Å². The van der Waals surface area contributed by atoms with E-state index in [0.29, 0.717) is 24.0 Å². The smallest absolute Gasteiger partial charge is 0.244 e. The number of fused-ring (bicyclic) bond motifs is 1. The Hall–Kier alpha value is -3.72. The van der Waals surface area contributed by atoms with Gasteiger partial charge in [-0.25, -0.2) is 0 Å². The largest absolute Gasteiger partial charge is 0.494 e. The van der Waals surface area contributed by atoms with Crippen molar-refractivity contribution in [1.29, 1.82) is 5.26 Å². The molecule has 1 aliphatic rings. The molecule has 0 bridgehead atoms. The number of hydrogen-bond acceptors (Lipinski definition) is 5. The quantitative estimate of drug-likeness (QED) is 0.640. The van der Waals surface area contributed by atoms with Crippen molar-refractivity contribution < 1.29 is 9.47 Å². The molecule has 3 aromatic rings. The van der Waals surface area contributed by atoms with Crippen molar-refractivity contribution in [2.45, 2.75) is 32.6 Å². The molecule has 1 unspecified atom stereocenters. The van der Waals surface area contributed by atoms with Gasteiger partial charge in [-0.05, 0) is 48.2 Å². The summed E-state index contributed by atoms with van der Waals surface area (Å²) < 4.78 is 11.2. The molecule has 6 heteroatoms. The Labute approximate surface area is 175 Å². The summed E-state index contributed by atoms with van der Waals surface area (Å²) >= 11 is 0. The van der Waals surface area contributed by atoms with Crippen molar-refractivity contribution in [3.63, 3.8) is 0 Å². The summed E-state index contributed by atoms with van der Waals surface area (Å²) in [5, 5.41) is 17.2. The molecule has 1 aromatic heterocycles. The normalized spacial score (nSPS) is 15.5. The lowest BCUT2D eigenvalue weighted by atomic mass is 9.82. The molecule has 0 fully saturated rings. The SMILES string of the molecule is CCOc1ccc(-c2[nH]nc3c2C(c2ccc(C(C)C)cc2)C(C#N)=C(N)O3)cc1. The Balaban J connectivity index is 1.83. The van der Waals surface area contributed by atoms with Gasteiger partial charge < -0.3 is 15.2 Å². The Morgan fingerprint density at radius 1 is 1.17 bits per heavy atom. The highest BCUT2D eigenvalue weighted by atomic mass is 16.5. The molecule has 1 atom stereocenters. The van der Waals surface area contributed by atoms with Crippen molar-refractivity contribution in [3.05, 3.63) is 76.7 Å². The van der Waals surface area contributed by atoms with Crippen molar-refractivity contribution in [2.75, 3.05) is 6.61 Å². The zero-order chi connectivity index (χ0) is 21.3. The third-order valence-electron chi connectivity index (χ3n) is 5.33. The van der Waals surface area contributed by atoms with Crippen LogP contribution in [0.5, 0.6) is 11.6 Å². The van der Waals surface area contributed by atoms with Gasteiger partial charge in [0.1, 0.15) is 17.4 Å². The zero-order valence-corrected chi connectivity index (χ0v) is 17.3. The van der Waals surface area contributed by atoms with Crippen LogP contribution < -0.4 is 15.2 Å². The topological polar surface area (TPSA) is 97.0 Å². The van der Waals surface area contributed by atoms with E-state index < -0.39 is 0 Å². The lowest BCUT2D eigenvalue weighted by molar-refractivity contribution is 0.340. The monoisotopic (exact) mass is 400 g/mol. The fraction of sp³-hybridized carbons (Fsp3) is 0.250. The summed E-state index contributed by atoms with van der Waals surface area (Å²) in [7, 11) is 0. The number of nitrogens with one attached hydrogen (secondary N) is 1. The third kappa shape index (κ3) is 3.39. The highest BCUT2D eigenvalue weighted by molar-refractivity contribution is 5.71. The number of ether oxygens (including phenoxy) is 2. The number of benzene rings is 2. The third-order valence-corrected chi connectivity index (χ3v) is 5.33. The molecule has 4 rings (SSSR count). The Bertz CT molecular complexity index is 1120. The molecule has 6 nitrogen and oxygen atoms in total. The van der Waals surface area contributed by atoms with Crippen LogP contribution in [0.15, 0.2) is 60.0 Å². The fourth-order valence-corrected chi connectivity index (χ4v) is 3.76. The van der Waals surface area contributed by atoms with Gasteiger partial charge in [0.15, 0.2) is 0 Å². The standard InChI is InChI=1S/C24H24N4O2/c1-4-29-18-11-9-17(10-12-18)22-21-20(16-7-5-15(6-8-16)14(2)3)19(13-25)23(26)30-24(21)28-27-22/h5-12,14,20H,4,26H2,1-3H3,(H,27,28). The number of nitrogens with zero attached hydrogens (tertiary/aromatic N) is 2. The van der Waals surface area contributed by atoms with Crippen LogP contribution in [-0.4, -0.2) is 16.8 Å². The van der Waals surface area contributed by atoms with Gasteiger partial charge in [0.2, 0.25) is 11.8 Å². The van der Waals surface area contributed by atoms with Crippen LogP contribution >= 0.6 is 0 Å². The minimum atomic E-state index is -0.361. The summed E-state index contributed by atoms with van der Waals surface area (Å²) in [6, 6.07) is 18.3. The van der Waals surface area contributed by atoms with Gasteiger partial charge in [-0.15, -0.1) is 5.10 Å². The van der Waals surface area contributed by atoms with E-state index in [-0.39, 0.29) is 11.8 Å². The maximum atomic E-state index is 9.84. The highest BCUT2D eigenvalue weighted by Gasteiger charge is 2.35. The van der Waals surface area contributed by atoms with Gasteiger partial charge in [-0.3, -0.25) is 5.10 Å². The van der Waals surface area contributed by atoms with Gasteiger partial charge in [0.25, 0.3) is 0 Å². The molecule has 0 amide bonds. The van der Waals surface area contributed by atoms with Crippen LogP contribution in [0.25, 0.3) is 11.3 Å². The first-order valence-electron chi connectivity index (χ1n) is 10.0. The summed E-state index contributed by atoms with van der Waals surface area (Å²) in [6.45, 7) is 6.86. The molecule has 152 valence electrons. The summed E-state index contributed by atoms with van der Waals surface area (Å²) in [6.07, 6.45) is 0. The molecule has 3 N–H and O–H groups in total. The van der Waals surface area contributed by atoms with E-state index >= 15 is 0 Å². The average molecular weight is 400 g/mol. The second-order valence-electron chi connectivity index (χ2n) is 7.52. The van der Waals surface area contributed by atoms with Crippen LogP contribution in [0.2, 0.25) is 0 Å². The summed E-state index contributed by atoms with van der Waals surface area (Å²) in [4.78, 5) is 0. The number of aromatic nitrogens is 2. The lowest BCUT2D eigenvalue weighted by Gasteiger charge is -2.24. The molecule has 0 saturated heterocycles. The summed E-state index contributed by atoms with van der Waals surface area (Å²) in [5.41, 5.74) is 11.2. The predicted molar refractivity (Wildman–Crippen MR) is 115 cm³/mol. The van der Waals surface area contributed by atoms with E-state index in [1.807, 2.05) is 31.2 Å². The van der Waals surface area contributed by atoms with E-state index in [1.54, 1.807) is 0 Å². The van der Waals surface area contributed by atoms with Crippen molar-refractivity contribution in [3.8, 4) is 29.0 Å². The van der Waals surface area contributed by atoms with Gasteiger partial charge in [-0.2, -0.15) is 5.26 Å². The second-order valence-corrected chi connectivity index (χ2v) is 7.52. The number of allylic oxidation sites excluding steroid dienone is 1. The molecule has 0 radical (unpaired) electrons. The molecular weight excluding hydrogens is 376 g/mol. The predicted octanol–water partition coefficient (Wildman–Crippen LogP) is 4.82. The second kappa shape index (κ2) is 7.96. The first-order chi connectivity index (χ1) is 14.5. The first kappa shape index (κ1) is 19.6.